The fraction of sp³-hybridized carbons (Fsp3) is 0.611. The second kappa shape index (κ2) is 5.67. The third kappa shape index (κ3) is 2.44. The summed E-state index contributed by atoms with van der Waals surface area (Å²) in [6, 6.07) is 9.95. The van der Waals surface area contributed by atoms with Crippen LogP contribution in [0.15, 0.2) is 24.3 Å². The van der Waals surface area contributed by atoms with Gasteiger partial charge in [0.1, 0.15) is 5.82 Å². The Kier molecular flexibility index (Phi) is 3.66. The molecule has 0 spiro atoms. The summed E-state index contributed by atoms with van der Waals surface area (Å²) in [5, 5.41) is 0. The minimum Gasteiger partial charge on any atom is -0.330 e. The number of para-hydroxylation sites is 2. The molecule has 4 nitrogen and oxygen atoms in total. The van der Waals surface area contributed by atoms with Crippen molar-refractivity contribution in [3.8, 4) is 0 Å². The molecular formula is C18H26N4. The lowest BCUT2D eigenvalue weighted by atomic mass is 9.97. The summed E-state index contributed by atoms with van der Waals surface area (Å²) in [5.41, 5.74) is 2.35. The fourth-order valence-electron chi connectivity index (χ4n) is 4.08. The summed E-state index contributed by atoms with van der Waals surface area (Å²) >= 11 is 0. The summed E-state index contributed by atoms with van der Waals surface area (Å²) in [4.78, 5) is 10.1. The fourth-order valence-corrected chi connectivity index (χ4v) is 4.08. The minimum absolute atomic E-state index is 0.769. The van der Waals surface area contributed by atoms with Crippen LogP contribution in [0.1, 0.15) is 32.0 Å². The van der Waals surface area contributed by atoms with E-state index in [1.54, 1.807) is 0 Å². The molecule has 4 rings (SSSR count). The summed E-state index contributed by atoms with van der Waals surface area (Å²) in [5.74, 6) is 1.19. The molecule has 2 aliphatic heterocycles. The van der Waals surface area contributed by atoms with Gasteiger partial charge in [0.05, 0.1) is 17.6 Å². The Labute approximate surface area is 132 Å². The third-order valence-corrected chi connectivity index (χ3v) is 5.51. The van der Waals surface area contributed by atoms with Crippen LogP contribution in [0.25, 0.3) is 11.0 Å². The van der Waals surface area contributed by atoms with Gasteiger partial charge in [-0.25, -0.2) is 4.98 Å². The van der Waals surface area contributed by atoms with Crippen LogP contribution in [0.4, 0.5) is 0 Å². The first-order chi connectivity index (χ1) is 10.7. The second-order valence-corrected chi connectivity index (χ2v) is 7.01. The highest BCUT2D eigenvalue weighted by Gasteiger charge is 2.35. The zero-order valence-corrected chi connectivity index (χ0v) is 13.7. The van der Waals surface area contributed by atoms with E-state index >= 15 is 0 Å². The van der Waals surface area contributed by atoms with Gasteiger partial charge in [-0.2, -0.15) is 0 Å². The van der Waals surface area contributed by atoms with Gasteiger partial charge in [-0.1, -0.05) is 18.6 Å². The molecule has 22 heavy (non-hydrogen) atoms. The lowest BCUT2D eigenvalue weighted by molar-refractivity contribution is -0.00759. The lowest BCUT2D eigenvalue weighted by Gasteiger charge is -2.49. The van der Waals surface area contributed by atoms with Gasteiger partial charge in [0, 0.05) is 32.2 Å². The van der Waals surface area contributed by atoms with Crippen molar-refractivity contribution in [2.45, 2.75) is 44.8 Å². The van der Waals surface area contributed by atoms with Gasteiger partial charge in [0.25, 0.3) is 0 Å². The number of aryl methyl sites for hydroxylation is 1. The van der Waals surface area contributed by atoms with E-state index in [-0.39, 0.29) is 0 Å². The van der Waals surface area contributed by atoms with E-state index in [0.717, 1.165) is 24.1 Å². The predicted octanol–water partition coefficient (Wildman–Crippen LogP) is 2.63. The van der Waals surface area contributed by atoms with Gasteiger partial charge in [-0.15, -0.1) is 0 Å². The van der Waals surface area contributed by atoms with Crippen molar-refractivity contribution in [2.24, 2.45) is 7.05 Å². The first-order valence-corrected chi connectivity index (χ1v) is 8.61. The minimum atomic E-state index is 0.769. The molecule has 4 heteroatoms. The van der Waals surface area contributed by atoms with E-state index in [1.807, 2.05) is 0 Å². The molecule has 2 fully saturated rings. The Bertz CT molecular complexity index is 656. The quantitative estimate of drug-likeness (QED) is 0.870. The monoisotopic (exact) mass is 298 g/mol. The molecule has 0 saturated carbocycles. The van der Waals surface area contributed by atoms with Crippen molar-refractivity contribution in [3.63, 3.8) is 0 Å². The van der Waals surface area contributed by atoms with Crippen LogP contribution in [0.5, 0.6) is 0 Å². The molecule has 0 bridgehead atoms. The van der Waals surface area contributed by atoms with Gasteiger partial charge in [0.15, 0.2) is 0 Å². The number of imidazole rings is 1. The molecular weight excluding hydrogens is 272 g/mol. The van der Waals surface area contributed by atoms with Crippen LogP contribution in [0, 0.1) is 0 Å². The molecule has 2 aliphatic rings. The number of piperidine rings is 1. The van der Waals surface area contributed by atoms with Gasteiger partial charge < -0.3 is 4.57 Å². The molecule has 2 saturated heterocycles. The molecule has 0 aliphatic carbocycles. The van der Waals surface area contributed by atoms with Gasteiger partial charge in [-0.3, -0.25) is 9.80 Å². The molecule has 0 amide bonds. The van der Waals surface area contributed by atoms with E-state index in [2.05, 4.69) is 52.6 Å². The Morgan fingerprint density at radius 2 is 2.00 bits per heavy atom. The van der Waals surface area contributed by atoms with E-state index in [0.29, 0.717) is 0 Å². The predicted molar refractivity (Wildman–Crippen MR) is 89.8 cm³/mol. The third-order valence-electron chi connectivity index (χ3n) is 5.51. The Morgan fingerprint density at radius 3 is 2.77 bits per heavy atom. The molecule has 2 aromatic rings. The van der Waals surface area contributed by atoms with Crippen LogP contribution in [-0.4, -0.2) is 51.1 Å². The van der Waals surface area contributed by atoms with Crippen molar-refractivity contribution < 1.29 is 0 Å². The zero-order valence-electron chi connectivity index (χ0n) is 13.7. The maximum absolute atomic E-state index is 4.79. The summed E-state index contributed by atoms with van der Waals surface area (Å²) < 4.78 is 2.24. The van der Waals surface area contributed by atoms with Crippen molar-refractivity contribution in [2.75, 3.05) is 19.6 Å². The zero-order chi connectivity index (χ0) is 15.1. The second-order valence-electron chi connectivity index (χ2n) is 7.01. The van der Waals surface area contributed by atoms with Crippen LogP contribution >= 0.6 is 0 Å². The van der Waals surface area contributed by atoms with Crippen molar-refractivity contribution in [1.82, 2.24) is 19.4 Å². The highest BCUT2D eigenvalue weighted by atomic mass is 15.3. The number of hydrogen-bond acceptors (Lipinski definition) is 3. The normalized spacial score (nSPS) is 24.7. The maximum Gasteiger partial charge on any atom is 0.123 e. The number of hydrogen-bond donors (Lipinski definition) is 0. The molecule has 0 N–H and O–H groups in total. The van der Waals surface area contributed by atoms with Gasteiger partial charge >= 0.3 is 0 Å². The van der Waals surface area contributed by atoms with E-state index < -0.39 is 0 Å². The number of likely N-dealkylation sites (tertiary alicyclic amines) is 2. The number of nitrogens with zero attached hydrogens (tertiary/aromatic N) is 4. The summed E-state index contributed by atoms with van der Waals surface area (Å²) in [7, 11) is 2.13. The first kappa shape index (κ1) is 14.2. The smallest absolute Gasteiger partial charge is 0.123 e. The molecule has 1 aromatic heterocycles. The molecule has 1 aromatic carbocycles. The number of rotatable bonds is 3. The van der Waals surface area contributed by atoms with E-state index in [9.17, 15) is 0 Å². The first-order valence-electron chi connectivity index (χ1n) is 8.61. The SMILES string of the molecule is C[C@H]1CCCCN1C1CN(Cc2nc3ccccc3n2C)C1. The summed E-state index contributed by atoms with van der Waals surface area (Å²) in [6.07, 6.45) is 4.17. The van der Waals surface area contributed by atoms with Gasteiger partial charge in [-0.05, 0) is 38.4 Å². The largest absolute Gasteiger partial charge is 0.330 e. The molecule has 3 heterocycles. The lowest BCUT2D eigenvalue weighted by Crippen LogP contribution is -2.61. The van der Waals surface area contributed by atoms with E-state index in [4.69, 9.17) is 4.98 Å². The standard InChI is InChI=1S/C18H26N4/c1-14-7-5-6-10-22(14)15-11-21(12-15)13-18-19-16-8-3-4-9-17(16)20(18)2/h3-4,8-9,14-15H,5-7,10-13H2,1-2H3/t14-/m0/s1. The molecule has 118 valence electrons. The van der Waals surface area contributed by atoms with E-state index in [1.165, 1.54) is 50.2 Å². The van der Waals surface area contributed by atoms with Crippen molar-refractivity contribution in [3.05, 3.63) is 30.1 Å². The molecule has 1 atom stereocenters. The van der Waals surface area contributed by atoms with Crippen molar-refractivity contribution in [1.29, 1.82) is 0 Å². The molecule has 0 unspecified atom stereocenters. The topological polar surface area (TPSA) is 24.3 Å². The van der Waals surface area contributed by atoms with Gasteiger partial charge in [0.2, 0.25) is 0 Å². The maximum atomic E-state index is 4.79. The Hall–Kier alpha value is -1.39. The molecule has 0 radical (unpaired) electrons. The number of fused-ring (bicyclic) bond motifs is 1. The number of aromatic nitrogens is 2. The Morgan fingerprint density at radius 1 is 1.18 bits per heavy atom. The highest BCUT2D eigenvalue weighted by Crippen LogP contribution is 2.25. The highest BCUT2D eigenvalue weighted by molar-refractivity contribution is 5.75. The number of benzene rings is 1. The van der Waals surface area contributed by atoms with Crippen LogP contribution in [0.3, 0.4) is 0 Å². The van der Waals surface area contributed by atoms with Crippen molar-refractivity contribution >= 4 is 11.0 Å². The van der Waals surface area contributed by atoms with Crippen LogP contribution < -0.4 is 0 Å². The Balaban J connectivity index is 1.40. The summed E-state index contributed by atoms with van der Waals surface area (Å²) in [6.45, 7) is 7.07. The average molecular weight is 298 g/mol. The van der Waals surface area contributed by atoms with Crippen LogP contribution in [0.2, 0.25) is 0 Å². The average Bonchev–Trinajstić information content (AvgIpc) is 2.81. The van der Waals surface area contributed by atoms with Crippen LogP contribution in [-0.2, 0) is 13.6 Å².